The van der Waals surface area contributed by atoms with Gasteiger partial charge in [0, 0.05) is 5.46 Å². The average molecular weight is 334 g/mol. The van der Waals surface area contributed by atoms with E-state index in [1.807, 2.05) is 33.8 Å². The molecule has 24 heavy (non-hydrogen) atoms. The van der Waals surface area contributed by atoms with Gasteiger partial charge in [-0.05, 0) is 58.1 Å². The lowest BCUT2D eigenvalue weighted by molar-refractivity contribution is -0.0182. The molecule has 0 amide bonds. The molecule has 5 heteroatoms. The van der Waals surface area contributed by atoms with Crippen LogP contribution in [0.25, 0.3) is 0 Å². The second-order valence-corrected chi connectivity index (χ2v) is 8.04. The summed E-state index contributed by atoms with van der Waals surface area (Å²) < 4.78 is 32.5. The van der Waals surface area contributed by atoms with Crippen LogP contribution in [-0.4, -0.2) is 24.9 Å². The Bertz CT molecular complexity index is 578. The molecule has 2 unspecified atom stereocenters. The van der Waals surface area contributed by atoms with Gasteiger partial charge in [-0.25, -0.2) is 4.39 Å². The van der Waals surface area contributed by atoms with Crippen LogP contribution in [0.4, 0.5) is 4.39 Å². The SMILES string of the molecule is CCC1CCC(c2ccc(B3OC(C)(C)C(C)(C)O3)c(F)c2)OC1. The molecular weight excluding hydrogens is 306 g/mol. The van der Waals surface area contributed by atoms with E-state index in [0.29, 0.717) is 11.4 Å². The van der Waals surface area contributed by atoms with Crippen molar-refractivity contribution in [2.45, 2.75) is 71.2 Å². The zero-order valence-electron chi connectivity index (χ0n) is 15.4. The third kappa shape index (κ3) is 3.26. The van der Waals surface area contributed by atoms with E-state index >= 15 is 0 Å². The standard InChI is InChI=1S/C19H28BFO3/c1-6-13-7-10-17(22-12-13)14-8-9-15(16(21)11-14)20-23-18(2,3)19(4,5)24-20/h8-9,11,13,17H,6-7,10,12H2,1-5H3. The van der Waals surface area contributed by atoms with Crippen molar-refractivity contribution in [1.82, 2.24) is 0 Å². The van der Waals surface area contributed by atoms with Gasteiger partial charge in [0.1, 0.15) is 5.82 Å². The molecule has 0 bridgehead atoms. The second kappa shape index (κ2) is 6.43. The average Bonchev–Trinajstić information content (AvgIpc) is 2.75. The minimum absolute atomic E-state index is 0.00496. The zero-order chi connectivity index (χ0) is 17.5. The van der Waals surface area contributed by atoms with Crippen molar-refractivity contribution in [2.75, 3.05) is 6.61 Å². The third-order valence-corrected chi connectivity index (χ3v) is 5.85. The van der Waals surface area contributed by atoms with Gasteiger partial charge in [0.25, 0.3) is 0 Å². The molecule has 0 saturated carbocycles. The zero-order valence-corrected chi connectivity index (χ0v) is 15.4. The summed E-state index contributed by atoms with van der Waals surface area (Å²) in [6, 6.07) is 5.31. The first kappa shape index (κ1) is 17.9. The van der Waals surface area contributed by atoms with Crippen LogP contribution in [0, 0.1) is 11.7 Å². The quantitative estimate of drug-likeness (QED) is 0.782. The fourth-order valence-electron chi connectivity index (χ4n) is 3.30. The Morgan fingerprint density at radius 2 is 1.79 bits per heavy atom. The topological polar surface area (TPSA) is 27.7 Å². The van der Waals surface area contributed by atoms with Crippen LogP contribution in [0.5, 0.6) is 0 Å². The van der Waals surface area contributed by atoms with E-state index in [1.54, 1.807) is 12.1 Å². The molecule has 2 heterocycles. The smallest absolute Gasteiger partial charge is 0.399 e. The highest BCUT2D eigenvalue weighted by Gasteiger charge is 2.52. The lowest BCUT2D eigenvalue weighted by Gasteiger charge is -2.32. The Labute approximate surface area is 145 Å². The summed E-state index contributed by atoms with van der Waals surface area (Å²) >= 11 is 0. The second-order valence-electron chi connectivity index (χ2n) is 8.04. The van der Waals surface area contributed by atoms with E-state index in [-0.39, 0.29) is 11.9 Å². The summed E-state index contributed by atoms with van der Waals surface area (Å²) in [6.07, 6.45) is 3.23. The van der Waals surface area contributed by atoms with Gasteiger partial charge in [-0.15, -0.1) is 0 Å². The summed E-state index contributed by atoms with van der Waals surface area (Å²) in [4.78, 5) is 0. The minimum Gasteiger partial charge on any atom is -0.399 e. The molecule has 2 aliphatic heterocycles. The van der Waals surface area contributed by atoms with Gasteiger partial charge in [-0.3, -0.25) is 0 Å². The maximum absolute atomic E-state index is 14.7. The van der Waals surface area contributed by atoms with Crippen molar-refractivity contribution >= 4 is 12.6 Å². The molecular formula is C19H28BFO3. The molecule has 2 atom stereocenters. The monoisotopic (exact) mass is 334 g/mol. The first-order valence-electron chi connectivity index (χ1n) is 9.00. The first-order chi connectivity index (χ1) is 11.2. The van der Waals surface area contributed by atoms with Crippen molar-refractivity contribution in [3.8, 4) is 0 Å². The summed E-state index contributed by atoms with van der Waals surface area (Å²) in [6.45, 7) is 10.8. The van der Waals surface area contributed by atoms with Gasteiger partial charge in [0.15, 0.2) is 0 Å². The Morgan fingerprint density at radius 1 is 1.12 bits per heavy atom. The molecule has 0 spiro atoms. The predicted molar refractivity (Wildman–Crippen MR) is 93.8 cm³/mol. The van der Waals surface area contributed by atoms with Gasteiger partial charge < -0.3 is 14.0 Å². The number of benzene rings is 1. The molecule has 1 aromatic rings. The van der Waals surface area contributed by atoms with Crippen LogP contribution >= 0.6 is 0 Å². The van der Waals surface area contributed by atoms with Crippen molar-refractivity contribution in [3.63, 3.8) is 0 Å². The number of hydrogen-bond donors (Lipinski definition) is 0. The van der Waals surface area contributed by atoms with Crippen LogP contribution in [0.3, 0.4) is 0 Å². The van der Waals surface area contributed by atoms with E-state index in [9.17, 15) is 4.39 Å². The normalized spacial score (nSPS) is 29.0. The summed E-state index contributed by atoms with van der Waals surface area (Å²) in [7, 11) is -0.666. The number of hydrogen-bond acceptors (Lipinski definition) is 3. The third-order valence-electron chi connectivity index (χ3n) is 5.85. The Balaban J connectivity index is 1.74. The van der Waals surface area contributed by atoms with Crippen LogP contribution in [0.1, 0.15) is 65.5 Å². The van der Waals surface area contributed by atoms with Gasteiger partial charge >= 0.3 is 7.12 Å². The number of halogens is 1. The molecule has 3 nitrogen and oxygen atoms in total. The predicted octanol–water partition coefficient (Wildman–Crippen LogP) is 4.00. The Morgan fingerprint density at radius 3 is 2.29 bits per heavy atom. The van der Waals surface area contributed by atoms with E-state index in [0.717, 1.165) is 31.4 Å². The molecule has 2 aliphatic rings. The first-order valence-corrected chi connectivity index (χ1v) is 9.00. The highest BCUT2D eigenvalue weighted by atomic mass is 19.1. The number of rotatable bonds is 3. The van der Waals surface area contributed by atoms with Crippen LogP contribution in [0.2, 0.25) is 0 Å². The van der Waals surface area contributed by atoms with E-state index in [4.69, 9.17) is 14.0 Å². The molecule has 2 fully saturated rings. The fourth-order valence-corrected chi connectivity index (χ4v) is 3.30. The molecule has 132 valence electrons. The lowest BCUT2D eigenvalue weighted by atomic mass is 9.78. The molecule has 0 radical (unpaired) electrons. The molecule has 0 aromatic heterocycles. The fraction of sp³-hybridized carbons (Fsp3) is 0.684. The molecule has 2 saturated heterocycles. The van der Waals surface area contributed by atoms with E-state index in [2.05, 4.69) is 6.92 Å². The van der Waals surface area contributed by atoms with Crippen LogP contribution in [-0.2, 0) is 14.0 Å². The Kier molecular flexibility index (Phi) is 4.80. The van der Waals surface area contributed by atoms with E-state index in [1.165, 1.54) is 0 Å². The van der Waals surface area contributed by atoms with Gasteiger partial charge in [0.2, 0.25) is 0 Å². The molecule has 3 rings (SSSR count). The Hall–Kier alpha value is -0.905. The number of ether oxygens (including phenoxy) is 1. The van der Waals surface area contributed by atoms with Crippen LogP contribution < -0.4 is 5.46 Å². The van der Waals surface area contributed by atoms with Gasteiger partial charge in [-0.2, -0.15) is 0 Å². The van der Waals surface area contributed by atoms with Crippen LogP contribution in [0.15, 0.2) is 18.2 Å². The largest absolute Gasteiger partial charge is 0.497 e. The lowest BCUT2D eigenvalue weighted by Crippen LogP contribution is -2.41. The summed E-state index contributed by atoms with van der Waals surface area (Å²) in [5.41, 5.74) is 0.427. The molecule has 0 N–H and O–H groups in total. The van der Waals surface area contributed by atoms with Crippen molar-refractivity contribution in [2.24, 2.45) is 5.92 Å². The minimum atomic E-state index is -0.666. The summed E-state index contributed by atoms with van der Waals surface area (Å²) in [5.74, 6) is 0.349. The molecule has 0 aliphatic carbocycles. The highest BCUT2D eigenvalue weighted by molar-refractivity contribution is 6.62. The van der Waals surface area contributed by atoms with Crippen molar-refractivity contribution in [3.05, 3.63) is 29.6 Å². The highest BCUT2D eigenvalue weighted by Crippen LogP contribution is 2.37. The van der Waals surface area contributed by atoms with Gasteiger partial charge in [0.05, 0.1) is 23.9 Å². The summed E-state index contributed by atoms with van der Waals surface area (Å²) in [5, 5.41) is 0. The van der Waals surface area contributed by atoms with E-state index < -0.39 is 18.3 Å². The molecule has 1 aromatic carbocycles. The maximum atomic E-state index is 14.7. The van der Waals surface area contributed by atoms with Gasteiger partial charge in [-0.1, -0.05) is 25.5 Å². The maximum Gasteiger partial charge on any atom is 0.497 e. The van der Waals surface area contributed by atoms with Crippen molar-refractivity contribution in [1.29, 1.82) is 0 Å². The van der Waals surface area contributed by atoms with Crippen molar-refractivity contribution < 1.29 is 18.4 Å².